The van der Waals surface area contributed by atoms with Gasteiger partial charge in [0.1, 0.15) is 11.6 Å². The number of aryl methyl sites for hydroxylation is 1. The first kappa shape index (κ1) is 12.8. The molecular weight excluding hydrogens is 274 g/mol. The largest absolute Gasteiger partial charge is 0.493 e. The van der Waals surface area contributed by atoms with Gasteiger partial charge in [0, 0.05) is 5.56 Å². The number of benzene rings is 1. The zero-order valence-corrected chi connectivity index (χ0v) is 12.0. The van der Waals surface area contributed by atoms with Gasteiger partial charge in [-0.1, -0.05) is 29.5 Å². The Bertz CT molecular complexity index is 866. The lowest BCUT2D eigenvalue weighted by molar-refractivity contribution is 0.339. The Labute approximate surface area is 119 Å². The van der Waals surface area contributed by atoms with Gasteiger partial charge in [-0.05, 0) is 26.0 Å². The van der Waals surface area contributed by atoms with Crippen molar-refractivity contribution in [3.05, 3.63) is 50.5 Å². The van der Waals surface area contributed by atoms with Gasteiger partial charge in [-0.15, -0.1) is 10.2 Å². The Morgan fingerprint density at radius 1 is 1.35 bits per heavy atom. The van der Waals surface area contributed by atoms with Gasteiger partial charge in [0.15, 0.2) is 0 Å². The normalized spacial score (nSPS) is 12.2. The fraction of sp³-hybridized carbons (Fsp3) is 0.214. The fourth-order valence-corrected chi connectivity index (χ4v) is 2.96. The Hall–Kier alpha value is -2.21. The van der Waals surface area contributed by atoms with E-state index in [4.69, 9.17) is 4.74 Å². The van der Waals surface area contributed by atoms with Gasteiger partial charge < -0.3 is 4.74 Å². The smallest absolute Gasteiger partial charge is 0.275 e. The van der Waals surface area contributed by atoms with Crippen LogP contribution < -0.4 is 14.8 Å². The molecule has 0 N–H and O–H groups in total. The molecule has 0 amide bonds. The lowest BCUT2D eigenvalue weighted by atomic mass is 10.2. The molecule has 3 aromatic rings. The van der Waals surface area contributed by atoms with Crippen LogP contribution >= 0.6 is 11.3 Å². The third-order valence-electron chi connectivity index (χ3n) is 2.92. The molecule has 0 radical (unpaired) electrons. The molecule has 5 nitrogen and oxygen atoms in total. The molecule has 0 aliphatic carbocycles. The number of hydrogen-bond donors (Lipinski definition) is 0. The number of para-hydroxylation sites is 1. The first-order chi connectivity index (χ1) is 9.70. The van der Waals surface area contributed by atoms with Crippen molar-refractivity contribution in [2.75, 3.05) is 6.61 Å². The number of ether oxygens (including phenoxy) is 1. The minimum absolute atomic E-state index is 0.0844. The minimum atomic E-state index is -0.0844. The van der Waals surface area contributed by atoms with Crippen LogP contribution in [0, 0.1) is 6.92 Å². The molecule has 0 fully saturated rings. The summed E-state index contributed by atoms with van der Waals surface area (Å²) in [7, 11) is 0. The van der Waals surface area contributed by atoms with Gasteiger partial charge in [-0.3, -0.25) is 4.79 Å². The Morgan fingerprint density at radius 2 is 2.15 bits per heavy atom. The summed E-state index contributed by atoms with van der Waals surface area (Å²) in [5.74, 6) is 1.38. The highest BCUT2D eigenvalue weighted by atomic mass is 32.1. The topological polar surface area (TPSA) is 56.5 Å². The van der Waals surface area contributed by atoms with Gasteiger partial charge in [-0.25, -0.2) is 4.40 Å². The molecule has 3 rings (SSSR count). The molecule has 0 saturated carbocycles. The molecule has 0 bridgehead atoms. The van der Waals surface area contributed by atoms with Crippen LogP contribution in [0.4, 0.5) is 0 Å². The van der Waals surface area contributed by atoms with Crippen LogP contribution in [-0.2, 0) is 0 Å². The monoisotopic (exact) mass is 287 g/mol. The molecule has 0 saturated heterocycles. The van der Waals surface area contributed by atoms with Crippen molar-refractivity contribution in [3.63, 3.8) is 0 Å². The van der Waals surface area contributed by atoms with E-state index in [-0.39, 0.29) is 5.56 Å². The molecule has 0 atom stereocenters. The standard InChI is InChI=1S/C14H13N3O2S/c1-3-19-11-7-5-4-6-10(11)8-12-13(18)17-9(2)15-16-14(17)20-12/h4-8H,3H2,1-2H3/b12-8-. The van der Waals surface area contributed by atoms with E-state index < -0.39 is 0 Å². The molecule has 1 aromatic carbocycles. The molecule has 0 unspecified atom stereocenters. The number of thiazole rings is 1. The Balaban J connectivity index is 2.20. The molecular formula is C14H13N3O2S. The summed E-state index contributed by atoms with van der Waals surface area (Å²) < 4.78 is 7.72. The van der Waals surface area contributed by atoms with E-state index in [2.05, 4.69) is 10.2 Å². The molecule has 2 aromatic heterocycles. The second-order valence-electron chi connectivity index (χ2n) is 4.25. The SMILES string of the molecule is CCOc1ccccc1/C=c1\sc2nnc(C)n2c1=O. The Kier molecular flexibility index (Phi) is 3.23. The van der Waals surface area contributed by atoms with Gasteiger partial charge in [0.25, 0.3) is 5.56 Å². The first-order valence-electron chi connectivity index (χ1n) is 6.29. The molecule has 0 aliphatic rings. The quantitative estimate of drug-likeness (QED) is 0.731. The number of rotatable bonds is 3. The van der Waals surface area contributed by atoms with Crippen molar-refractivity contribution >= 4 is 22.4 Å². The van der Waals surface area contributed by atoms with Gasteiger partial charge in [0.2, 0.25) is 4.96 Å². The molecule has 6 heteroatoms. The molecule has 102 valence electrons. The van der Waals surface area contributed by atoms with Crippen LogP contribution in [0.2, 0.25) is 0 Å². The zero-order chi connectivity index (χ0) is 14.1. The van der Waals surface area contributed by atoms with Crippen molar-refractivity contribution in [1.29, 1.82) is 0 Å². The summed E-state index contributed by atoms with van der Waals surface area (Å²) >= 11 is 1.33. The summed E-state index contributed by atoms with van der Waals surface area (Å²) in [6.45, 7) is 4.29. The van der Waals surface area contributed by atoms with Crippen molar-refractivity contribution in [1.82, 2.24) is 14.6 Å². The highest BCUT2D eigenvalue weighted by molar-refractivity contribution is 7.15. The van der Waals surface area contributed by atoms with Gasteiger partial charge in [0.05, 0.1) is 11.1 Å². The van der Waals surface area contributed by atoms with E-state index in [1.165, 1.54) is 15.7 Å². The Morgan fingerprint density at radius 3 is 2.90 bits per heavy atom. The van der Waals surface area contributed by atoms with Gasteiger partial charge in [-0.2, -0.15) is 0 Å². The van der Waals surface area contributed by atoms with Crippen molar-refractivity contribution in [2.24, 2.45) is 0 Å². The summed E-state index contributed by atoms with van der Waals surface area (Å²) in [5, 5.41) is 7.88. The van der Waals surface area contributed by atoms with E-state index in [1.807, 2.05) is 37.3 Å². The molecule has 0 spiro atoms. The maximum Gasteiger partial charge on any atom is 0.275 e. The van der Waals surface area contributed by atoms with E-state index in [9.17, 15) is 4.79 Å². The second kappa shape index (κ2) is 5.05. The highest BCUT2D eigenvalue weighted by Gasteiger charge is 2.09. The van der Waals surface area contributed by atoms with E-state index in [0.29, 0.717) is 21.9 Å². The maximum atomic E-state index is 12.3. The predicted molar refractivity (Wildman–Crippen MR) is 78.3 cm³/mol. The summed E-state index contributed by atoms with van der Waals surface area (Å²) in [6.07, 6.45) is 1.84. The maximum absolute atomic E-state index is 12.3. The van der Waals surface area contributed by atoms with E-state index in [1.54, 1.807) is 6.92 Å². The van der Waals surface area contributed by atoms with Gasteiger partial charge >= 0.3 is 0 Å². The zero-order valence-electron chi connectivity index (χ0n) is 11.2. The highest BCUT2D eigenvalue weighted by Crippen LogP contribution is 2.18. The number of hydrogen-bond acceptors (Lipinski definition) is 5. The molecule has 20 heavy (non-hydrogen) atoms. The molecule has 2 heterocycles. The number of aromatic nitrogens is 3. The average molecular weight is 287 g/mol. The summed E-state index contributed by atoms with van der Waals surface area (Å²) in [6, 6.07) is 7.66. The fourth-order valence-electron chi connectivity index (χ4n) is 2.01. The first-order valence-corrected chi connectivity index (χ1v) is 7.10. The van der Waals surface area contributed by atoms with Crippen LogP contribution in [0.1, 0.15) is 18.3 Å². The third kappa shape index (κ3) is 2.08. The average Bonchev–Trinajstić information content (AvgIpc) is 2.95. The van der Waals surface area contributed by atoms with Crippen LogP contribution in [0.25, 0.3) is 11.0 Å². The lowest BCUT2D eigenvalue weighted by Gasteiger charge is -2.05. The molecule has 0 aliphatic heterocycles. The minimum Gasteiger partial charge on any atom is -0.493 e. The van der Waals surface area contributed by atoms with Crippen LogP contribution in [0.3, 0.4) is 0 Å². The lowest BCUT2D eigenvalue weighted by Crippen LogP contribution is -2.23. The van der Waals surface area contributed by atoms with E-state index >= 15 is 0 Å². The second-order valence-corrected chi connectivity index (χ2v) is 5.26. The summed E-state index contributed by atoms with van der Waals surface area (Å²) in [5.41, 5.74) is 0.806. The predicted octanol–water partition coefficient (Wildman–Crippen LogP) is 1.41. The van der Waals surface area contributed by atoms with E-state index in [0.717, 1.165) is 11.3 Å². The summed E-state index contributed by atoms with van der Waals surface area (Å²) in [4.78, 5) is 12.9. The number of fused-ring (bicyclic) bond motifs is 1. The van der Waals surface area contributed by atoms with Crippen LogP contribution in [-0.4, -0.2) is 21.2 Å². The van der Waals surface area contributed by atoms with Crippen molar-refractivity contribution < 1.29 is 4.74 Å². The van der Waals surface area contributed by atoms with Crippen LogP contribution in [0.15, 0.2) is 29.1 Å². The van der Waals surface area contributed by atoms with Crippen LogP contribution in [0.5, 0.6) is 5.75 Å². The third-order valence-corrected chi connectivity index (χ3v) is 3.87. The van der Waals surface area contributed by atoms with Crippen molar-refractivity contribution in [3.8, 4) is 5.75 Å². The van der Waals surface area contributed by atoms with Crippen molar-refractivity contribution in [2.45, 2.75) is 13.8 Å². The number of nitrogens with zero attached hydrogens (tertiary/aromatic N) is 3.